The molecule has 1 heterocycles. The van der Waals surface area contributed by atoms with Crippen LogP contribution in [0.1, 0.15) is 23.7 Å². The summed E-state index contributed by atoms with van der Waals surface area (Å²) in [7, 11) is 1.31. The van der Waals surface area contributed by atoms with Crippen LogP contribution in [0, 0.1) is 5.92 Å². The van der Waals surface area contributed by atoms with Gasteiger partial charge >= 0.3 is 5.97 Å². The lowest BCUT2D eigenvalue weighted by atomic mass is 10.1. The van der Waals surface area contributed by atoms with Gasteiger partial charge in [-0.1, -0.05) is 12.1 Å². The van der Waals surface area contributed by atoms with Crippen molar-refractivity contribution in [3.8, 4) is 5.75 Å². The maximum Gasteiger partial charge on any atom is 0.337 e. The second-order valence-corrected chi connectivity index (χ2v) is 6.36. The van der Waals surface area contributed by atoms with Crippen LogP contribution in [0.15, 0.2) is 48.5 Å². The van der Waals surface area contributed by atoms with Gasteiger partial charge in [0.05, 0.1) is 30.9 Å². The number of carbonyl (C=O) groups excluding carboxylic acids is 3. The molecule has 7 heteroatoms. The van der Waals surface area contributed by atoms with Crippen molar-refractivity contribution in [3.63, 3.8) is 0 Å². The first-order chi connectivity index (χ1) is 13.5. The molecule has 2 aromatic carbocycles. The van der Waals surface area contributed by atoms with Crippen molar-refractivity contribution in [3.05, 3.63) is 54.1 Å². The Kier molecular flexibility index (Phi) is 5.93. The highest BCUT2D eigenvalue weighted by molar-refractivity contribution is 6.04. The van der Waals surface area contributed by atoms with Crippen LogP contribution in [-0.2, 0) is 14.3 Å². The predicted octanol–water partition coefficient (Wildman–Crippen LogP) is 2.86. The fraction of sp³-hybridized carbons (Fsp3) is 0.286. The second kappa shape index (κ2) is 8.56. The summed E-state index contributed by atoms with van der Waals surface area (Å²) in [6, 6.07) is 13.7. The Labute approximate surface area is 163 Å². The number of amides is 2. The molecule has 0 saturated carbocycles. The number of anilines is 2. The number of nitrogens with zero attached hydrogens (tertiary/aromatic N) is 1. The Morgan fingerprint density at radius 3 is 2.54 bits per heavy atom. The number of hydrogen-bond donors (Lipinski definition) is 1. The van der Waals surface area contributed by atoms with Gasteiger partial charge in [0, 0.05) is 18.7 Å². The van der Waals surface area contributed by atoms with Crippen molar-refractivity contribution in [2.45, 2.75) is 13.3 Å². The van der Waals surface area contributed by atoms with Crippen LogP contribution in [-0.4, -0.2) is 38.0 Å². The monoisotopic (exact) mass is 382 g/mol. The number of esters is 1. The fourth-order valence-corrected chi connectivity index (χ4v) is 3.13. The lowest BCUT2D eigenvalue weighted by Gasteiger charge is -2.20. The zero-order valence-electron chi connectivity index (χ0n) is 15.8. The molecule has 0 aromatic heterocycles. The Hall–Kier alpha value is -3.35. The molecule has 1 atom stereocenters. The van der Waals surface area contributed by atoms with E-state index in [1.165, 1.54) is 7.11 Å². The van der Waals surface area contributed by atoms with E-state index < -0.39 is 11.9 Å². The molecule has 0 bridgehead atoms. The molecule has 1 aliphatic heterocycles. The van der Waals surface area contributed by atoms with Crippen LogP contribution in [0.3, 0.4) is 0 Å². The van der Waals surface area contributed by atoms with E-state index in [0.29, 0.717) is 29.3 Å². The van der Waals surface area contributed by atoms with Gasteiger partial charge in [-0.25, -0.2) is 4.79 Å². The molecule has 7 nitrogen and oxygen atoms in total. The average Bonchev–Trinajstić information content (AvgIpc) is 3.10. The molecule has 0 radical (unpaired) electrons. The van der Waals surface area contributed by atoms with E-state index in [1.54, 1.807) is 29.2 Å². The minimum Gasteiger partial charge on any atom is -0.492 e. The summed E-state index contributed by atoms with van der Waals surface area (Å²) in [4.78, 5) is 38.2. The molecule has 1 fully saturated rings. The number of methoxy groups -OCH3 is 1. The zero-order chi connectivity index (χ0) is 20.1. The quantitative estimate of drug-likeness (QED) is 0.777. The normalized spacial score (nSPS) is 16.0. The van der Waals surface area contributed by atoms with E-state index in [0.717, 1.165) is 0 Å². The number of nitrogens with one attached hydrogen (secondary N) is 1. The molecule has 28 heavy (non-hydrogen) atoms. The molecule has 0 spiro atoms. The second-order valence-electron chi connectivity index (χ2n) is 6.36. The van der Waals surface area contributed by atoms with Gasteiger partial charge in [-0.3, -0.25) is 9.59 Å². The van der Waals surface area contributed by atoms with Gasteiger partial charge < -0.3 is 19.7 Å². The first-order valence-corrected chi connectivity index (χ1v) is 9.05. The average molecular weight is 382 g/mol. The van der Waals surface area contributed by atoms with Gasteiger partial charge in [0.15, 0.2) is 0 Å². The van der Waals surface area contributed by atoms with Gasteiger partial charge in [0.25, 0.3) is 0 Å². The van der Waals surface area contributed by atoms with E-state index >= 15 is 0 Å². The largest absolute Gasteiger partial charge is 0.492 e. The standard InChI is InChI=1S/C21H22N2O5/c1-3-28-18-7-5-4-6-17(18)23-13-15(12-19(23)24)20(25)22-16-10-8-14(9-11-16)21(26)27-2/h4-11,15H,3,12-13H2,1-2H3,(H,22,25). The number of ether oxygens (including phenoxy) is 2. The minimum absolute atomic E-state index is 0.117. The van der Waals surface area contributed by atoms with Gasteiger partial charge in [0.2, 0.25) is 11.8 Å². The van der Waals surface area contributed by atoms with Crippen molar-refractivity contribution in [1.82, 2.24) is 0 Å². The van der Waals surface area contributed by atoms with Crippen LogP contribution in [0.25, 0.3) is 0 Å². The highest BCUT2D eigenvalue weighted by Crippen LogP contribution is 2.33. The highest BCUT2D eigenvalue weighted by Gasteiger charge is 2.36. The lowest BCUT2D eigenvalue weighted by molar-refractivity contribution is -0.122. The molecule has 1 N–H and O–H groups in total. The molecular formula is C21H22N2O5. The summed E-state index contributed by atoms with van der Waals surface area (Å²) in [6.07, 6.45) is 0.131. The summed E-state index contributed by atoms with van der Waals surface area (Å²) >= 11 is 0. The van der Waals surface area contributed by atoms with Crippen LogP contribution >= 0.6 is 0 Å². The van der Waals surface area contributed by atoms with Crippen LogP contribution in [0.2, 0.25) is 0 Å². The lowest BCUT2D eigenvalue weighted by Crippen LogP contribution is -2.28. The first kappa shape index (κ1) is 19.4. The molecule has 146 valence electrons. The number of rotatable bonds is 6. The minimum atomic E-state index is -0.470. The van der Waals surface area contributed by atoms with E-state index in [1.807, 2.05) is 31.2 Å². The highest BCUT2D eigenvalue weighted by atomic mass is 16.5. The third kappa shape index (κ3) is 4.14. The van der Waals surface area contributed by atoms with Gasteiger partial charge in [-0.2, -0.15) is 0 Å². The molecule has 1 unspecified atom stereocenters. The van der Waals surface area contributed by atoms with E-state index in [-0.39, 0.29) is 24.8 Å². The zero-order valence-corrected chi connectivity index (χ0v) is 15.8. The van der Waals surface area contributed by atoms with Crippen molar-refractivity contribution >= 4 is 29.2 Å². The maximum absolute atomic E-state index is 12.6. The van der Waals surface area contributed by atoms with Crippen molar-refractivity contribution in [2.24, 2.45) is 5.92 Å². The predicted molar refractivity (Wildman–Crippen MR) is 104 cm³/mol. The fourth-order valence-electron chi connectivity index (χ4n) is 3.13. The smallest absolute Gasteiger partial charge is 0.337 e. The number of para-hydroxylation sites is 2. The third-order valence-electron chi connectivity index (χ3n) is 4.53. The first-order valence-electron chi connectivity index (χ1n) is 9.05. The summed E-state index contributed by atoms with van der Waals surface area (Å²) in [5, 5.41) is 2.80. The topological polar surface area (TPSA) is 84.9 Å². The Morgan fingerprint density at radius 1 is 1.14 bits per heavy atom. The van der Waals surface area contributed by atoms with E-state index in [4.69, 9.17) is 4.74 Å². The summed E-state index contributed by atoms with van der Waals surface area (Å²) in [5.74, 6) is -0.646. The SMILES string of the molecule is CCOc1ccccc1N1CC(C(=O)Nc2ccc(C(=O)OC)cc2)CC1=O. The summed E-state index contributed by atoms with van der Waals surface area (Å²) in [5.41, 5.74) is 1.63. The van der Waals surface area contributed by atoms with E-state index in [9.17, 15) is 14.4 Å². The Bertz CT molecular complexity index is 879. The number of hydrogen-bond acceptors (Lipinski definition) is 5. The van der Waals surface area contributed by atoms with E-state index in [2.05, 4.69) is 10.1 Å². The summed E-state index contributed by atoms with van der Waals surface area (Å²) < 4.78 is 10.2. The van der Waals surface area contributed by atoms with Crippen molar-refractivity contribution in [1.29, 1.82) is 0 Å². The van der Waals surface area contributed by atoms with Gasteiger partial charge in [-0.05, 0) is 43.3 Å². The number of benzene rings is 2. The molecule has 1 aliphatic rings. The molecule has 2 amide bonds. The molecular weight excluding hydrogens is 360 g/mol. The summed E-state index contributed by atoms with van der Waals surface area (Å²) in [6.45, 7) is 2.66. The third-order valence-corrected chi connectivity index (χ3v) is 4.53. The van der Waals surface area contributed by atoms with Crippen LogP contribution in [0.5, 0.6) is 5.75 Å². The van der Waals surface area contributed by atoms with Gasteiger partial charge in [0.1, 0.15) is 5.75 Å². The number of carbonyl (C=O) groups is 3. The van der Waals surface area contributed by atoms with Crippen LogP contribution in [0.4, 0.5) is 11.4 Å². The molecule has 2 aromatic rings. The van der Waals surface area contributed by atoms with Crippen LogP contribution < -0.4 is 15.0 Å². The van der Waals surface area contributed by atoms with Crippen molar-refractivity contribution < 1.29 is 23.9 Å². The van der Waals surface area contributed by atoms with Crippen molar-refractivity contribution in [2.75, 3.05) is 30.5 Å². The maximum atomic E-state index is 12.6. The molecule has 3 rings (SSSR count). The Morgan fingerprint density at radius 2 is 1.86 bits per heavy atom. The molecule has 0 aliphatic carbocycles. The molecule has 1 saturated heterocycles. The Balaban J connectivity index is 1.68. The van der Waals surface area contributed by atoms with Gasteiger partial charge in [-0.15, -0.1) is 0 Å².